The SMILES string of the molecule is Cc1ccccc1-n1ncc(C(=O)Nc2cc(F)ccc2NC(=O)OC(C)(C)C)c1C. The Morgan fingerprint density at radius 2 is 1.74 bits per heavy atom. The van der Waals surface area contributed by atoms with Gasteiger partial charge in [-0.3, -0.25) is 10.1 Å². The molecule has 2 amide bonds. The van der Waals surface area contributed by atoms with Gasteiger partial charge >= 0.3 is 6.09 Å². The van der Waals surface area contributed by atoms with Gasteiger partial charge in [-0.15, -0.1) is 0 Å². The van der Waals surface area contributed by atoms with Crippen molar-refractivity contribution < 1.29 is 18.7 Å². The molecule has 3 aromatic rings. The summed E-state index contributed by atoms with van der Waals surface area (Å²) in [6.07, 6.45) is 0.746. The number of aromatic nitrogens is 2. The Hall–Kier alpha value is -3.68. The third kappa shape index (κ3) is 5.28. The van der Waals surface area contributed by atoms with Gasteiger partial charge in [-0.2, -0.15) is 5.10 Å². The molecule has 0 aliphatic rings. The first-order chi connectivity index (χ1) is 14.5. The predicted octanol–water partition coefficient (Wildman–Crippen LogP) is 5.23. The second-order valence-corrected chi connectivity index (χ2v) is 8.11. The molecule has 162 valence electrons. The van der Waals surface area contributed by atoms with Crippen LogP contribution in [0.2, 0.25) is 0 Å². The summed E-state index contributed by atoms with van der Waals surface area (Å²) in [6.45, 7) is 8.93. The van der Waals surface area contributed by atoms with Gasteiger partial charge in [-0.25, -0.2) is 13.9 Å². The van der Waals surface area contributed by atoms with Crippen molar-refractivity contribution in [3.63, 3.8) is 0 Å². The van der Waals surface area contributed by atoms with Crippen molar-refractivity contribution >= 4 is 23.4 Å². The van der Waals surface area contributed by atoms with Gasteiger partial charge in [0, 0.05) is 0 Å². The van der Waals surface area contributed by atoms with Crippen molar-refractivity contribution in [2.45, 2.75) is 40.2 Å². The van der Waals surface area contributed by atoms with Crippen molar-refractivity contribution in [1.82, 2.24) is 9.78 Å². The Balaban J connectivity index is 1.85. The largest absolute Gasteiger partial charge is 0.444 e. The molecular weight excluding hydrogens is 399 g/mol. The molecule has 1 heterocycles. The van der Waals surface area contributed by atoms with Gasteiger partial charge in [-0.05, 0) is 64.4 Å². The molecule has 0 fully saturated rings. The zero-order valence-electron chi connectivity index (χ0n) is 18.1. The van der Waals surface area contributed by atoms with Crippen molar-refractivity contribution in [1.29, 1.82) is 0 Å². The van der Waals surface area contributed by atoms with E-state index in [9.17, 15) is 14.0 Å². The van der Waals surface area contributed by atoms with Gasteiger partial charge in [0.2, 0.25) is 0 Å². The highest BCUT2D eigenvalue weighted by Crippen LogP contribution is 2.25. The van der Waals surface area contributed by atoms with Crippen LogP contribution in [0.3, 0.4) is 0 Å². The van der Waals surface area contributed by atoms with Gasteiger partial charge in [0.25, 0.3) is 5.91 Å². The molecule has 0 atom stereocenters. The third-order valence-corrected chi connectivity index (χ3v) is 4.46. The molecule has 31 heavy (non-hydrogen) atoms. The zero-order valence-corrected chi connectivity index (χ0v) is 18.1. The van der Waals surface area contributed by atoms with E-state index in [1.165, 1.54) is 18.3 Å². The fraction of sp³-hybridized carbons (Fsp3) is 0.261. The first-order valence-corrected chi connectivity index (χ1v) is 9.76. The molecule has 2 aromatic carbocycles. The number of anilines is 2. The van der Waals surface area contributed by atoms with E-state index in [0.717, 1.165) is 17.3 Å². The maximum absolute atomic E-state index is 13.8. The summed E-state index contributed by atoms with van der Waals surface area (Å²) in [5.41, 5.74) is 2.45. The minimum Gasteiger partial charge on any atom is -0.444 e. The van der Waals surface area contributed by atoms with Gasteiger partial charge in [0.1, 0.15) is 11.4 Å². The Labute approximate surface area is 180 Å². The molecule has 3 rings (SSSR count). The molecule has 0 spiro atoms. The van der Waals surface area contributed by atoms with Crippen LogP contribution in [0.1, 0.15) is 42.4 Å². The number of ether oxygens (including phenoxy) is 1. The summed E-state index contributed by atoms with van der Waals surface area (Å²) < 4.78 is 20.8. The number of para-hydroxylation sites is 1. The van der Waals surface area contributed by atoms with Gasteiger partial charge in [-0.1, -0.05) is 18.2 Å². The smallest absolute Gasteiger partial charge is 0.412 e. The van der Waals surface area contributed by atoms with Crippen molar-refractivity contribution in [3.05, 3.63) is 71.3 Å². The molecular formula is C23H25FN4O3. The number of nitrogens with zero attached hydrogens (tertiary/aromatic N) is 2. The standard InChI is InChI=1S/C23H25FN4O3/c1-14-8-6-7-9-20(14)28-15(2)17(13-25-28)21(29)26-19-12-16(24)10-11-18(19)27-22(30)31-23(3,4)5/h6-13H,1-5H3,(H,26,29)(H,27,30). The third-order valence-electron chi connectivity index (χ3n) is 4.46. The van der Waals surface area contributed by atoms with E-state index in [4.69, 9.17) is 4.74 Å². The number of nitrogens with one attached hydrogen (secondary N) is 2. The molecule has 0 saturated heterocycles. The first-order valence-electron chi connectivity index (χ1n) is 9.76. The monoisotopic (exact) mass is 424 g/mol. The molecule has 0 bridgehead atoms. The lowest BCUT2D eigenvalue weighted by Crippen LogP contribution is -2.27. The van der Waals surface area contributed by atoms with Crippen LogP contribution in [0.15, 0.2) is 48.7 Å². The van der Waals surface area contributed by atoms with E-state index >= 15 is 0 Å². The van der Waals surface area contributed by atoms with Gasteiger partial charge in [0.05, 0.1) is 34.5 Å². The zero-order chi connectivity index (χ0) is 22.8. The maximum Gasteiger partial charge on any atom is 0.412 e. The summed E-state index contributed by atoms with van der Waals surface area (Å²) in [7, 11) is 0. The van der Waals surface area contributed by atoms with Crippen LogP contribution in [0, 0.1) is 19.7 Å². The fourth-order valence-electron chi connectivity index (χ4n) is 3.01. The van der Waals surface area contributed by atoms with E-state index in [1.807, 2.05) is 31.2 Å². The van der Waals surface area contributed by atoms with Crippen LogP contribution in [0.5, 0.6) is 0 Å². The summed E-state index contributed by atoms with van der Waals surface area (Å²) in [5.74, 6) is -1.03. The van der Waals surface area contributed by atoms with Gasteiger partial charge in [0.15, 0.2) is 0 Å². The number of benzene rings is 2. The molecule has 0 unspecified atom stereocenters. The van der Waals surface area contributed by atoms with E-state index in [0.29, 0.717) is 11.3 Å². The lowest BCUT2D eigenvalue weighted by molar-refractivity contribution is 0.0635. The minimum atomic E-state index is -0.710. The van der Waals surface area contributed by atoms with E-state index in [-0.39, 0.29) is 11.4 Å². The van der Waals surface area contributed by atoms with Gasteiger partial charge < -0.3 is 10.1 Å². The van der Waals surface area contributed by atoms with E-state index in [2.05, 4.69) is 15.7 Å². The van der Waals surface area contributed by atoms with Crippen molar-refractivity contribution in [2.24, 2.45) is 0 Å². The van der Waals surface area contributed by atoms with Crippen LogP contribution < -0.4 is 10.6 Å². The highest BCUT2D eigenvalue weighted by Gasteiger charge is 2.20. The lowest BCUT2D eigenvalue weighted by atomic mass is 10.2. The number of carbonyl (C=O) groups is 2. The number of aryl methyl sites for hydroxylation is 1. The second kappa shape index (κ2) is 8.59. The number of hydrogen-bond donors (Lipinski definition) is 2. The van der Waals surface area contributed by atoms with Crippen LogP contribution in [0.4, 0.5) is 20.6 Å². The van der Waals surface area contributed by atoms with Crippen LogP contribution >= 0.6 is 0 Å². The Morgan fingerprint density at radius 3 is 2.42 bits per heavy atom. The summed E-state index contributed by atoms with van der Waals surface area (Å²) in [6, 6.07) is 11.4. The highest BCUT2D eigenvalue weighted by atomic mass is 19.1. The minimum absolute atomic E-state index is 0.110. The van der Waals surface area contributed by atoms with Crippen LogP contribution in [0.25, 0.3) is 5.69 Å². The maximum atomic E-state index is 13.8. The lowest BCUT2D eigenvalue weighted by Gasteiger charge is -2.20. The molecule has 1 aromatic heterocycles. The van der Waals surface area contributed by atoms with E-state index in [1.54, 1.807) is 32.4 Å². The normalized spacial score (nSPS) is 11.2. The summed E-state index contributed by atoms with van der Waals surface area (Å²) >= 11 is 0. The molecule has 0 radical (unpaired) electrons. The van der Waals surface area contributed by atoms with Crippen LogP contribution in [-0.2, 0) is 4.74 Å². The number of halogens is 1. The average Bonchev–Trinajstić information content (AvgIpc) is 3.04. The Bertz CT molecular complexity index is 1130. The summed E-state index contributed by atoms with van der Waals surface area (Å²) in [5, 5.41) is 9.52. The number of hydrogen-bond acceptors (Lipinski definition) is 4. The molecule has 0 aliphatic carbocycles. The summed E-state index contributed by atoms with van der Waals surface area (Å²) in [4.78, 5) is 25.0. The number of carbonyl (C=O) groups excluding carboxylic acids is 2. The van der Waals surface area contributed by atoms with Crippen molar-refractivity contribution in [3.8, 4) is 5.69 Å². The quantitative estimate of drug-likeness (QED) is 0.601. The van der Waals surface area contributed by atoms with E-state index < -0.39 is 23.4 Å². The molecule has 0 saturated carbocycles. The number of rotatable bonds is 4. The van der Waals surface area contributed by atoms with Crippen molar-refractivity contribution in [2.75, 3.05) is 10.6 Å². The van der Waals surface area contributed by atoms with Crippen LogP contribution in [-0.4, -0.2) is 27.4 Å². The molecule has 0 aliphatic heterocycles. The topological polar surface area (TPSA) is 85.3 Å². The molecule has 7 nitrogen and oxygen atoms in total. The predicted molar refractivity (Wildman–Crippen MR) is 117 cm³/mol. The number of amides is 2. The Morgan fingerprint density at radius 1 is 1.03 bits per heavy atom. The second-order valence-electron chi connectivity index (χ2n) is 8.11. The Kier molecular flexibility index (Phi) is 6.10. The average molecular weight is 424 g/mol. The molecule has 2 N–H and O–H groups in total. The molecule has 8 heteroatoms. The highest BCUT2D eigenvalue weighted by molar-refractivity contribution is 6.07. The first kappa shape index (κ1) is 22.0. The fourth-order valence-corrected chi connectivity index (χ4v) is 3.01.